The van der Waals surface area contributed by atoms with E-state index in [4.69, 9.17) is 4.74 Å². The van der Waals surface area contributed by atoms with E-state index in [0.717, 1.165) is 44.6 Å². The predicted molar refractivity (Wildman–Crippen MR) is 140 cm³/mol. The molecule has 0 aromatic heterocycles. The number of aliphatic hydroxyl groups excluding tert-OH is 1. The molecule has 3 fully saturated rings. The van der Waals surface area contributed by atoms with Crippen molar-refractivity contribution in [1.29, 1.82) is 0 Å². The molecule has 1 N–H and O–H groups in total. The number of nitrogens with zero attached hydrogens (tertiary/aromatic N) is 1. The first-order valence-electron chi connectivity index (χ1n) is 13.3. The Hall–Kier alpha value is -0.850. The van der Waals surface area contributed by atoms with E-state index in [0.29, 0.717) is 24.4 Å². The molecule has 0 heterocycles. The summed E-state index contributed by atoms with van der Waals surface area (Å²) in [5, 5.41) is 11.6. The molecule has 0 aromatic rings. The van der Waals surface area contributed by atoms with Crippen LogP contribution >= 0.6 is 11.8 Å². The summed E-state index contributed by atoms with van der Waals surface area (Å²) in [5.41, 5.74) is -1.25. The van der Waals surface area contributed by atoms with Crippen LogP contribution in [0.1, 0.15) is 73.6 Å². The Kier molecular flexibility index (Phi) is 8.68. The molecule has 194 valence electrons. The second-order valence-electron chi connectivity index (χ2n) is 11.6. The molecule has 0 radical (unpaired) electrons. The number of esters is 1. The fourth-order valence-electron chi connectivity index (χ4n) is 7.58. The third-order valence-corrected chi connectivity index (χ3v) is 11.2. The summed E-state index contributed by atoms with van der Waals surface area (Å²) in [6.07, 6.45) is 4.64. The number of hydrogen-bond donors (Lipinski definition) is 1. The fraction of sp³-hybridized carbons (Fsp3) is 0.857. The van der Waals surface area contributed by atoms with Gasteiger partial charge in [0, 0.05) is 35.5 Å². The van der Waals surface area contributed by atoms with Crippen LogP contribution in [-0.2, 0) is 14.3 Å². The van der Waals surface area contributed by atoms with Gasteiger partial charge >= 0.3 is 5.97 Å². The molecule has 3 aliphatic rings. The molecule has 2 bridgehead atoms. The zero-order valence-electron chi connectivity index (χ0n) is 22.3. The molecular formula is C28H47NO4S. The highest BCUT2D eigenvalue weighted by Crippen LogP contribution is 2.67. The van der Waals surface area contributed by atoms with Gasteiger partial charge in [-0.3, -0.25) is 9.59 Å². The Morgan fingerprint density at radius 2 is 1.94 bits per heavy atom. The first-order valence-corrected chi connectivity index (χ1v) is 14.5. The molecule has 34 heavy (non-hydrogen) atoms. The SMILES string of the molecule is C=C[C@]1(C)C[C@H](OC(=O)CSCCN(CC)CC)C2(C)[C@H](C)CCC3(CCC(=O)[C@H]32)[C@@H](C)[C@@H]1O. The molecule has 0 saturated heterocycles. The normalized spacial score (nSPS) is 42.1. The van der Waals surface area contributed by atoms with Crippen LogP contribution in [0, 0.1) is 34.0 Å². The van der Waals surface area contributed by atoms with Gasteiger partial charge in [-0.25, -0.2) is 0 Å². The van der Waals surface area contributed by atoms with Crippen LogP contribution in [0.25, 0.3) is 0 Å². The molecule has 2 unspecified atom stereocenters. The maximum Gasteiger partial charge on any atom is 0.316 e. The largest absolute Gasteiger partial charge is 0.461 e. The van der Waals surface area contributed by atoms with Gasteiger partial charge in [0.15, 0.2) is 0 Å². The maximum absolute atomic E-state index is 13.4. The summed E-state index contributed by atoms with van der Waals surface area (Å²) < 4.78 is 6.30. The number of thioether (sulfide) groups is 1. The van der Waals surface area contributed by atoms with Crippen molar-refractivity contribution in [1.82, 2.24) is 4.90 Å². The van der Waals surface area contributed by atoms with Gasteiger partial charge in [-0.05, 0) is 56.0 Å². The highest BCUT2D eigenvalue weighted by atomic mass is 32.2. The minimum Gasteiger partial charge on any atom is -0.461 e. The second-order valence-corrected chi connectivity index (χ2v) is 12.7. The quantitative estimate of drug-likeness (QED) is 0.278. The molecule has 0 spiro atoms. The van der Waals surface area contributed by atoms with Gasteiger partial charge in [0.05, 0.1) is 11.9 Å². The summed E-state index contributed by atoms with van der Waals surface area (Å²) in [5.74, 6) is 1.37. The van der Waals surface area contributed by atoms with E-state index in [1.165, 1.54) is 0 Å². The molecule has 3 aliphatic carbocycles. The highest BCUT2D eigenvalue weighted by molar-refractivity contribution is 7.99. The van der Waals surface area contributed by atoms with Crippen molar-refractivity contribution in [3.63, 3.8) is 0 Å². The summed E-state index contributed by atoms with van der Waals surface area (Å²) in [6.45, 7) is 20.0. The minimum atomic E-state index is -0.624. The van der Waals surface area contributed by atoms with Gasteiger partial charge < -0.3 is 14.7 Å². The Bertz CT molecular complexity index is 770. The van der Waals surface area contributed by atoms with Crippen molar-refractivity contribution < 1.29 is 19.4 Å². The smallest absolute Gasteiger partial charge is 0.316 e. The van der Waals surface area contributed by atoms with E-state index in [9.17, 15) is 14.7 Å². The number of rotatable bonds is 9. The lowest BCUT2D eigenvalue weighted by Crippen LogP contribution is -2.63. The van der Waals surface area contributed by atoms with Crippen LogP contribution < -0.4 is 0 Å². The summed E-state index contributed by atoms with van der Waals surface area (Å²) in [7, 11) is 0. The van der Waals surface area contributed by atoms with E-state index in [1.807, 2.05) is 13.0 Å². The number of carbonyl (C=O) groups is 2. The van der Waals surface area contributed by atoms with E-state index >= 15 is 0 Å². The van der Waals surface area contributed by atoms with Crippen LogP contribution in [0.3, 0.4) is 0 Å². The van der Waals surface area contributed by atoms with Gasteiger partial charge in [0.1, 0.15) is 11.9 Å². The number of hydrogen-bond acceptors (Lipinski definition) is 6. The van der Waals surface area contributed by atoms with E-state index in [-0.39, 0.29) is 29.1 Å². The summed E-state index contributed by atoms with van der Waals surface area (Å²) in [6, 6.07) is 0. The first kappa shape index (κ1) is 27.7. The zero-order valence-corrected chi connectivity index (χ0v) is 23.1. The fourth-order valence-corrected chi connectivity index (χ4v) is 8.35. The third-order valence-electron chi connectivity index (χ3n) is 10.2. The Labute approximate surface area is 211 Å². The molecule has 6 heteroatoms. The van der Waals surface area contributed by atoms with Gasteiger partial charge in [-0.2, -0.15) is 0 Å². The van der Waals surface area contributed by atoms with Crippen molar-refractivity contribution in [2.45, 2.75) is 85.9 Å². The molecule has 3 saturated carbocycles. The van der Waals surface area contributed by atoms with Gasteiger partial charge in [0.2, 0.25) is 0 Å². The third kappa shape index (κ3) is 4.64. The van der Waals surface area contributed by atoms with Crippen molar-refractivity contribution in [2.75, 3.05) is 31.1 Å². The average Bonchev–Trinajstić information content (AvgIpc) is 3.17. The van der Waals surface area contributed by atoms with Crippen molar-refractivity contribution in [3.05, 3.63) is 12.7 Å². The van der Waals surface area contributed by atoms with E-state index < -0.39 is 23.0 Å². The Morgan fingerprint density at radius 1 is 1.26 bits per heavy atom. The van der Waals surface area contributed by atoms with Crippen molar-refractivity contribution in [2.24, 2.45) is 34.0 Å². The molecule has 0 aliphatic heterocycles. The number of aliphatic hydroxyl groups is 1. The maximum atomic E-state index is 13.4. The molecule has 3 rings (SSSR count). The highest BCUT2D eigenvalue weighted by Gasteiger charge is 2.68. The van der Waals surface area contributed by atoms with Crippen LogP contribution in [0.4, 0.5) is 0 Å². The summed E-state index contributed by atoms with van der Waals surface area (Å²) in [4.78, 5) is 28.9. The lowest BCUT2D eigenvalue weighted by Gasteiger charge is -2.61. The Morgan fingerprint density at radius 3 is 2.56 bits per heavy atom. The topological polar surface area (TPSA) is 66.8 Å². The van der Waals surface area contributed by atoms with Gasteiger partial charge in [-0.15, -0.1) is 18.3 Å². The van der Waals surface area contributed by atoms with Crippen LogP contribution in [-0.4, -0.2) is 65.1 Å². The number of Topliss-reactive ketones (excluding diaryl/α,β-unsaturated/α-hetero) is 1. The first-order chi connectivity index (χ1) is 16.0. The van der Waals surface area contributed by atoms with Crippen molar-refractivity contribution in [3.8, 4) is 0 Å². The van der Waals surface area contributed by atoms with E-state index in [2.05, 4.69) is 46.1 Å². The van der Waals surface area contributed by atoms with Crippen LogP contribution in [0.5, 0.6) is 0 Å². The lowest BCUT2D eigenvalue weighted by atomic mass is 9.44. The van der Waals surface area contributed by atoms with Gasteiger partial charge in [-0.1, -0.05) is 47.6 Å². The molecule has 5 nitrogen and oxygen atoms in total. The lowest BCUT2D eigenvalue weighted by molar-refractivity contribution is -0.205. The van der Waals surface area contributed by atoms with E-state index in [1.54, 1.807) is 11.8 Å². The molecule has 0 aromatic carbocycles. The second kappa shape index (κ2) is 10.6. The number of carbonyl (C=O) groups excluding carboxylic acids is 2. The molecule has 8 atom stereocenters. The standard InChI is InChI=1S/C28H47NO4S/c1-8-26(6)17-22(33-23(31)18-34-16-15-29(9-2)10-3)27(7)19(4)11-13-28(20(5)25(26)32)14-12-21(30)24(27)28/h8,19-20,22,24-25,32H,1,9-18H2,2-7H3/t19-,20+,22+,24+,25+,26-,27?,28?/m1/s1. The number of ketones is 1. The Balaban J connectivity index is 1.88. The summed E-state index contributed by atoms with van der Waals surface area (Å²) >= 11 is 1.61. The van der Waals surface area contributed by atoms with Crippen LogP contribution in [0.15, 0.2) is 12.7 Å². The molecular weight excluding hydrogens is 446 g/mol. The predicted octanol–water partition coefficient (Wildman–Crippen LogP) is 4.97. The number of ether oxygens (including phenoxy) is 1. The van der Waals surface area contributed by atoms with Gasteiger partial charge in [0.25, 0.3) is 0 Å². The average molecular weight is 494 g/mol. The van der Waals surface area contributed by atoms with Crippen molar-refractivity contribution >= 4 is 23.5 Å². The zero-order chi connectivity index (χ0) is 25.3. The van der Waals surface area contributed by atoms with Crippen LogP contribution in [0.2, 0.25) is 0 Å². The monoisotopic (exact) mass is 493 g/mol. The minimum absolute atomic E-state index is 0.00828. The molecule has 0 amide bonds.